The number of ketones is 2. The lowest BCUT2D eigenvalue weighted by Crippen LogP contribution is -2.62. The van der Waals surface area contributed by atoms with Gasteiger partial charge in [0.25, 0.3) is 0 Å². The minimum atomic E-state index is -1.75. The molecule has 4 aliphatic rings. The van der Waals surface area contributed by atoms with Crippen molar-refractivity contribution in [1.29, 1.82) is 0 Å². The topological polar surface area (TPSA) is 167 Å². The molecule has 8 atom stereocenters. The number of aliphatic hydroxyl groups excluding tert-OH is 1. The number of Topliss-reactive ketones (excluding diaryl/α,β-unsaturated/α-hetero) is 1. The molecule has 0 bridgehead atoms. The molecule has 0 spiro atoms. The monoisotopic (exact) mass is 533 g/mol. The van der Waals surface area contributed by atoms with Gasteiger partial charge in [0.1, 0.15) is 11.6 Å². The molecule has 38 heavy (non-hydrogen) atoms. The Hall–Kier alpha value is -2.59. The van der Waals surface area contributed by atoms with E-state index in [-0.39, 0.29) is 54.6 Å². The summed E-state index contributed by atoms with van der Waals surface area (Å²) < 4.78 is 5.09. The zero-order valence-corrected chi connectivity index (χ0v) is 22.3. The van der Waals surface area contributed by atoms with E-state index in [0.717, 1.165) is 18.4 Å². The highest BCUT2D eigenvalue weighted by molar-refractivity contribution is 5.92. The van der Waals surface area contributed by atoms with E-state index in [1.807, 2.05) is 6.92 Å². The lowest BCUT2D eigenvalue weighted by atomic mass is 9.45. The minimum Gasteiger partial charge on any atom is -0.480 e. The van der Waals surface area contributed by atoms with Crippen LogP contribution in [0.1, 0.15) is 78.6 Å². The van der Waals surface area contributed by atoms with E-state index in [2.05, 4.69) is 12.2 Å². The minimum absolute atomic E-state index is 0.0106. The Balaban J connectivity index is 1.40. The second-order valence-corrected chi connectivity index (χ2v) is 12.2. The maximum atomic E-state index is 13.3. The lowest BCUT2D eigenvalue weighted by molar-refractivity contribution is -0.184. The first kappa shape index (κ1) is 28.4. The second-order valence-electron chi connectivity index (χ2n) is 12.2. The Kier molecular flexibility index (Phi) is 7.62. The summed E-state index contributed by atoms with van der Waals surface area (Å²) in [6.07, 6.45) is 4.21. The van der Waals surface area contributed by atoms with Crippen LogP contribution in [-0.4, -0.2) is 69.1 Å². The van der Waals surface area contributed by atoms with Crippen LogP contribution < -0.4 is 5.32 Å². The van der Waals surface area contributed by atoms with Crippen molar-refractivity contribution in [3.05, 3.63) is 11.6 Å². The van der Waals surface area contributed by atoms with E-state index in [9.17, 15) is 34.2 Å². The smallest absolute Gasteiger partial charge is 0.325 e. The van der Waals surface area contributed by atoms with Gasteiger partial charge in [-0.2, -0.15) is 0 Å². The number of aliphatic carboxylic acids is 1. The number of carbonyl (C=O) groups excluding carboxylic acids is 4. The second kappa shape index (κ2) is 10.2. The van der Waals surface area contributed by atoms with Gasteiger partial charge in [-0.25, -0.2) is 0 Å². The van der Waals surface area contributed by atoms with Crippen LogP contribution >= 0.6 is 0 Å². The van der Waals surface area contributed by atoms with Crippen LogP contribution in [0, 0.1) is 28.6 Å². The van der Waals surface area contributed by atoms with Gasteiger partial charge in [-0.05, 0) is 74.7 Å². The first-order valence-electron chi connectivity index (χ1n) is 13.6. The molecule has 3 saturated carbocycles. The van der Waals surface area contributed by atoms with E-state index in [1.165, 1.54) is 6.92 Å². The number of rotatable bonds is 8. The summed E-state index contributed by atoms with van der Waals surface area (Å²) in [5.74, 6) is -3.02. The molecule has 0 radical (unpaired) electrons. The Labute approximate surface area is 222 Å². The summed E-state index contributed by atoms with van der Waals surface area (Å²) in [5.41, 5.74) is -1.80. The summed E-state index contributed by atoms with van der Waals surface area (Å²) in [4.78, 5) is 60.1. The Morgan fingerprint density at radius 2 is 1.84 bits per heavy atom. The van der Waals surface area contributed by atoms with Gasteiger partial charge in [-0.1, -0.05) is 19.4 Å². The van der Waals surface area contributed by atoms with Gasteiger partial charge < -0.3 is 25.4 Å². The molecule has 0 aliphatic heterocycles. The molecular weight excluding hydrogens is 494 g/mol. The highest BCUT2D eigenvalue weighted by Gasteiger charge is 2.68. The molecule has 8 unspecified atom stereocenters. The number of hydrogen-bond acceptors (Lipinski definition) is 8. The van der Waals surface area contributed by atoms with Gasteiger partial charge in [0.2, 0.25) is 11.7 Å². The van der Waals surface area contributed by atoms with Gasteiger partial charge in [0.15, 0.2) is 12.4 Å². The average Bonchev–Trinajstić information content (AvgIpc) is 3.12. The molecule has 0 aromatic heterocycles. The van der Waals surface area contributed by atoms with E-state index in [1.54, 1.807) is 6.08 Å². The zero-order chi connectivity index (χ0) is 28.0. The third-order valence-electron chi connectivity index (χ3n) is 10.2. The number of carboxylic acids is 1. The maximum absolute atomic E-state index is 13.3. The van der Waals surface area contributed by atoms with E-state index >= 15 is 0 Å². The predicted molar refractivity (Wildman–Crippen MR) is 133 cm³/mol. The fourth-order valence-corrected chi connectivity index (χ4v) is 8.08. The lowest BCUT2D eigenvalue weighted by Gasteiger charge is -2.60. The van der Waals surface area contributed by atoms with E-state index < -0.39 is 53.4 Å². The third kappa shape index (κ3) is 4.70. The molecule has 1 amide bonds. The van der Waals surface area contributed by atoms with Crippen LogP contribution in [0.25, 0.3) is 0 Å². The van der Waals surface area contributed by atoms with Crippen molar-refractivity contribution in [2.45, 2.75) is 96.3 Å². The zero-order valence-electron chi connectivity index (χ0n) is 22.3. The van der Waals surface area contributed by atoms with Crippen LogP contribution in [0.3, 0.4) is 0 Å². The van der Waals surface area contributed by atoms with E-state index in [4.69, 9.17) is 9.84 Å². The molecule has 4 N–H and O–H groups in total. The van der Waals surface area contributed by atoms with Crippen molar-refractivity contribution < 1.29 is 44.0 Å². The number of carboxylic acid groups (broad SMARTS) is 1. The molecule has 10 heteroatoms. The molecule has 3 fully saturated rings. The first-order valence-corrected chi connectivity index (χ1v) is 13.6. The van der Waals surface area contributed by atoms with Crippen molar-refractivity contribution >= 4 is 29.4 Å². The van der Waals surface area contributed by atoms with Crippen LogP contribution in [-0.2, 0) is 28.7 Å². The molecule has 4 aliphatic carbocycles. The number of fused-ring (bicyclic) bond motifs is 5. The SMILES string of the molecule is CC(NC(=O)CCC(=O)OCC(=O)C1(O)CCC2C3CCC4=CC(=O)CCC4(C)C3C(O)CC21C)C(=O)O. The number of amides is 1. The van der Waals surface area contributed by atoms with Gasteiger partial charge in [0, 0.05) is 18.3 Å². The largest absolute Gasteiger partial charge is 0.480 e. The molecular formula is C28H39NO9. The van der Waals surface area contributed by atoms with E-state index in [0.29, 0.717) is 19.3 Å². The van der Waals surface area contributed by atoms with Crippen molar-refractivity contribution in [3.8, 4) is 0 Å². The maximum Gasteiger partial charge on any atom is 0.325 e. The molecule has 210 valence electrons. The Morgan fingerprint density at radius 1 is 1.13 bits per heavy atom. The molecule has 0 aromatic rings. The highest BCUT2D eigenvalue weighted by atomic mass is 16.5. The van der Waals surface area contributed by atoms with Crippen molar-refractivity contribution in [1.82, 2.24) is 5.32 Å². The van der Waals surface area contributed by atoms with Crippen molar-refractivity contribution in [2.24, 2.45) is 28.6 Å². The van der Waals surface area contributed by atoms with Gasteiger partial charge in [-0.15, -0.1) is 0 Å². The number of esters is 1. The third-order valence-corrected chi connectivity index (χ3v) is 10.2. The summed E-state index contributed by atoms with van der Waals surface area (Å²) >= 11 is 0. The number of allylic oxidation sites excluding steroid dienone is 1. The van der Waals surface area contributed by atoms with Crippen LogP contribution in [0.5, 0.6) is 0 Å². The molecule has 10 nitrogen and oxygen atoms in total. The fraction of sp³-hybridized carbons (Fsp3) is 0.750. The number of hydrogen-bond donors (Lipinski definition) is 4. The van der Waals surface area contributed by atoms with Gasteiger partial charge in [-0.3, -0.25) is 24.0 Å². The van der Waals surface area contributed by atoms with Crippen LogP contribution in [0.15, 0.2) is 11.6 Å². The van der Waals surface area contributed by atoms with Gasteiger partial charge >= 0.3 is 11.9 Å². The number of aliphatic hydroxyl groups is 2. The first-order chi connectivity index (χ1) is 17.7. The summed E-state index contributed by atoms with van der Waals surface area (Å²) in [7, 11) is 0. The quantitative estimate of drug-likeness (QED) is 0.340. The summed E-state index contributed by atoms with van der Waals surface area (Å²) in [5, 5.41) is 34.2. The Bertz CT molecular complexity index is 1070. The molecule has 4 rings (SSSR count). The van der Waals surface area contributed by atoms with Crippen LogP contribution in [0.2, 0.25) is 0 Å². The normalized spacial score (nSPS) is 38.7. The summed E-state index contributed by atoms with van der Waals surface area (Å²) in [6.45, 7) is 4.66. The Morgan fingerprint density at radius 3 is 2.53 bits per heavy atom. The molecule has 0 aromatic carbocycles. The average molecular weight is 534 g/mol. The highest BCUT2D eigenvalue weighted by Crippen LogP contribution is 2.67. The van der Waals surface area contributed by atoms with Crippen molar-refractivity contribution in [2.75, 3.05) is 6.61 Å². The fourth-order valence-electron chi connectivity index (χ4n) is 8.08. The predicted octanol–water partition coefficient (Wildman–Crippen LogP) is 1.70. The van der Waals surface area contributed by atoms with Crippen LogP contribution in [0.4, 0.5) is 0 Å². The molecule has 0 heterocycles. The van der Waals surface area contributed by atoms with Gasteiger partial charge in [0.05, 0.1) is 12.5 Å². The number of carbonyl (C=O) groups is 5. The number of nitrogens with one attached hydrogen (secondary N) is 1. The number of ether oxygens (including phenoxy) is 1. The van der Waals surface area contributed by atoms with Crippen molar-refractivity contribution in [3.63, 3.8) is 0 Å². The standard InChI is InChI=1S/C28H39NO9/c1-15(25(35)36)29-22(33)6-7-23(34)38-14-21(32)28(37)11-9-19-18-5-4-16-12-17(30)8-10-26(16,2)24(18)20(31)13-27(19,28)3/h12,15,18-20,24,31,37H,4-11,13-14H2,1-3H3,(H,29,33)(H,35,36). The summed E-state index contributed by atoms with van der Waals surface area (Å²) in [6, 6.07) is -1.09. The molecule has 0 saturated heterocycles.